The third kappa shape index (κ3) is 9.03. The summed E-state index contributed by atoms with van der Waals surface area (Å²) >= 11 is -0.679. The van der Waals surface area contributed by atoms with Gasteiger partial charge < -0.3 is 15.4 Å². The minimum Gasteiger partial charge on any atom is -0.444 e. The van der Waals surface area contributed by atoms with Gasteiger partial charge in [-0.25, -0.2) is 14.0 Å². The Kier molecular flexibility index (Phi) is 8.96. The number of aryl methyl sites for hydroxylation is 1. The minimum absolute atomic E-state index is 0.220. The van der Waals surface area contributed by atoms with E-state index < -0.39 is 23.0 Å². The van der Waals surface area contributed by atoms with E-state index in [9.17, 15) is 13.8 Å². The molecule has 0 saturated carbocycles. The molecule has 0 bridgehead atoms. The number of hydrogen-bond donors (Lipinski definition) is 4. The van der Waals surface area contributed by atoms with Gasteiger partial charge in [-0.1, -0.05) is 19.1 Å². The molecular weight excluding hydrogens is 440 g/mol. The second kappa shape index (κ2) is 11.2. The molecule has 0 aliphatic heterocycles. The summed E-state index contributed by atoms with van der Waals surface area (Å²) < 4.78 is 27.3. The third-order valence-corrected chi connectivity index (χ3v) is 5.37. The van der Waals surface area contributed by atoms with Crippen LogP contribution in [0.3, 0.4) is 0 Å². The van der Waals surface area contributed by atoms with E-state index in [1.165, 1.54) is 11.3 Å². The monoisotopic (exact) mass is 468 g/mol. The zero-order valence-electron chi connectivity index (χ0n) is 17.9. The maximum atomic E-state index is 12.5. The molecule has 2 atom stereocenters. The Morgan fingerprint density at radius 1 is 1.26 bits per heavy atom. The molecule has 2 rings (SSSR count). The predicted octanol–water partition coefficient (Wildman–Crippen LogP) is 3.18. The van der Waals surface area contributed by atoms with E-state index >= 15 is 0 Å². The average molecular weight is 469 g/mol. The Balaban J connectivity index is 2.06. The highest BCUT2D eigenvalue weighted by molar-refractivity contribution is 7.80. The third-order valence-electron chi connectivity index (χ3n) is 3.96. The molecular formula is C20H28N4O5S2. The number of benzene rings is 1. The number of anilines is 1. The van der Waals surface area contributed by atoms with Crippen molar-refractivity contribution in [1.29, 1.82) is 0 Å². The molecule has 11 heteroatoms. The maximum absolute atomic E-state index is 12.5. The van der Waals surface area contributed by atoms with Crippen molar-refractivity contribution in [3.63, 3.8) is 0 Å². The lowest BCUT2D eigenvalue weighted by atomic mass is 10.1. The zero-order valence-corrected chi connectivity index (χ0v) is 19.6. The molecule has 1 unspecified atom stereocenters. The first-order valence-electron chi connectivity index (χ1n) is 9.72. The molecule has 2 amide bonds. The van der Waals surface area contributed by atoms with Gasteiger partial charge in [0.05, 0.1) is 11.7 Å². The number of alkyl carbamates (subject to hydrolysis) is 1. The van der Waals surface area contributed by atoms with Crippen molar-refractivity contribution in [2.24, 2.45) is 0 Å². The summed E-state index contributed by atoms with van der Waals surface area (Å²) in [6.45, 7) is 7.02. The highest BCUT2D eigenvalue weighted by Gasteiger charge is 2.21. The number of carbonyl (C=O) groups is 2. The normalized spacial score (nSPS) is 13.2. The Labute approximate surface area is 188 Å². The van der Waals surface area contributed by atoms with Gasteiger partial charge in [0.2, 0.25) is 5.91 Å². The largest absolute Gasteiger partial charge is 0.444 e. The molecule has 0 spiro atoms. The van der Waals surface area contributed by atoms with Gasteiger partial charge in [-0.3, -0.25) is 14.1 Å². The Morgan fingerprint density at radius 2 is 1.94 bits per heavy atom. The van der Waals surface area contributed by atoms with Crippen molar-refractivity contribution in [2.45, 2.75) is 52.2 Å². The molecule has 0 fully saturated rings. The van der Waals surface area contributed by atoms with E-state index in [0.29, 0.717) is 12.1 Å². The van der Waals surface area contributed by atoms with Gasteiger partial charge >= 0.3 is 6.09 Å². The summed E-state index contributed by atoms with van der Waals surface area (Å²) in [4.78, 5) is 28.8. The second-order valence-corrected chi connectivity index (χ2v) is 9.35. The van der Waals surface area contributed by atoms with Gasteiger partial charge in [0.15, 0.2) is 0 Å². The quantitative estimate of drug-likeness (QED) is 0.418. The molecule has 2 aromatic rings. The predicted molar refractivity (Wildman–Crippen MR) is 121 cm³/mol. The molecule has 0 saturated heterocycles. The Hall–Kier alpha value is -2.50. The molecule has 170 valence electrons. The summed E-state index contributed by atoms with van der Waals surface area (Å²) in [5, 5.41) is 8.09. The molecule has 1 aromatic heterocycles. The van der Waals surface area contributed by atoms with Crippen molar-refractivity contribution in [3.05, 3.63) is 45.9 Å². The lowest BCUT2D eigenvalue weighted by molar-refractivity contribution is -0.121. The highest BCUT2D eigenvalue weighted by Crippen LogP contribution is 2.23. The molecule has 1 heterocycles. The van der Waals surface area contributed by atoms with Crippen molar-refractivity contribution < 1.29 is 23.1 Å². The first kappa shape index (κ1) is 24.8. The van der Waals surface area contributed by atoms with Crippen LogP contribution < -0.4 is 15.4 Å². The molecule has 0 aliphatic rings. The van der Waals surface area contributed by atoms with Crippen molar-refractivity contribution in [3.8, 4) is 0 Å². The average Bonchev–Trinajstić information content (AvgIpc) is 3.15. The van der Waals surface area contributed by atoms with Crippen molar-refractivity contribution in [2.75, 3.05) is 11.3 Å². The maximum Gasteiger partial charge on any atom is 0.408 e. The summed E-state index contributed by atoms with van der Waals surface area (Å²) in [6, 6.07) is 6.60. The molecule has 9 nitrogen and oxygen atoms in total. The highest BCUT2D eigenvalue weighted by atomic mass is 32.2. The lowest BCUT2D eigenvalue weighted by Gasteiger charge is -2.20. The summed E-state index contributed by atoms with van der Waals surface area (Å²) in [6.07, 6.45) is 0.596. The van der Waals surface area contributed by atoms with E-state index in [2.05, 4.69) is 20.3 Å². The van der Waals surface area contributed by atoms with Crippen LogP contribution in [-0.4, -0.2) is 37.9 Å². The second-order valence-electron chi connectivity index (χ2n) is 7.76. The van der Waals surface area contributed by atoms with E-state index in [1.807, 2.05) is 24.4 Å². The Morgan fingerprint density at radius 3 is 2.48 bits per heavy atom. The van der Waals surface area contributed by atoms with Crippen LogP contribution in [-0.2, 0) is 33.6 Å². The molecule has 1 aromatic carbocycles. The molecule has 4 N–H and O–H groups in total. The first-order valence-corrected chi connectivity index (χ1v) is 11.7. The smallest absolute Gasteiger partial charge is 0.408 e. The number of carbonyl (C=O) groups excluding carboxylic acids is 2. The van der Waals surface area contributed by atoms with Gasteiger partial charge in [0, 0.05) is 11.1 Å². The van der Waals surface area contributed by atoms with E-state index in [4.69, 9.17) is 9.29 Å². The van der Waals surface area contributed by atoms with Gasteiger partial charge in [0.1, 0.15) is 17.2 Å². The number of nitrogens with zero attached hydrogens (tertiary/aromatic N) is 1. The topological polar surface area (TPSA) is 130 Å². The van der Waals surface area contributed by atoms with Crippen LogP contribution in [0.25, 0.3) is 0 Å². The Bertz CT molecular complexity index is 909. The van der Waals surface area contributed by atoms with Gasteiger partial charge in [-0.15, -0.1) is 11.3 Å². The summed E-state index contributed by atoms with van der Waals surface area (Å²) in [5.74, 6) is -0.363. The van der Waals surface area contributed by atoms with E-state index in [-0.39, 0.29) is 18.5 Å². The number of amides is 2. The zero-order chi connectivity index (χ0) is 23.0. The molecule has 0 aliphatic carbocycles. The van der Waals surface area contributed by atoms with E-state index in [0.717, 1.165) is 22.7 Å². The molecule has 31 heavy (non-hydrogen) atoms. The van der Waals surface area contributed by atoms with Crippen LogP contribution in [0.1, 0.15) is 50.0 Å². The molecule has 0 radical (unpaired) electrons. The summed E-state index contributed by atoms with van der Waals surface area (Å²) in [7, 11) is 0. The van der Waals surface area contributed by atoms with Gasteiger partial charge in [-0.2, -0.15) is 0 Å². The standard InChI is InChI=1S/C20H28N4O5S2/c1-5-14-12-30-18(22-14)16(10-13-6-8-15(9-7-13)24-31(27)28)23-17(25)11-21-19(26)29-20(2,3)4/h6-9,12,16,24H,5,10-11H2,1-4H3,(H,21,26)(H,23,25)(H,27,28)/t16-/m0/s1. The van der Waals surface area contributed by atoms with Crippen molar-refractivity contribution >= 4 is 40.3 Å². The fourth-order valence-corrected chi connectivity index (χ4v) is 3.89. The van der Waals surface area contributed by atoms with Crippen LogP contribution in [0.5, 0.6) is 0 Å². The van der Waals surface area contributed by atoms with Gasteiger partial charge in [0.25, 0.3) is 11.3 Å². The minimum atomic E-state index is -2.14. The van der Waals surface area contributed by atoms with Crippen LogP contribution >= 0.6 is 11.3 Å². The van der Waals surface area contributed by atoms with Crippen LogP contribution in [0.15, 0.2) is 29.6 Å². The fourth-order valence-electron chi connectivity index (χ4n) is 2.60. The number of nitrogens with one attached hydrogen (secondary N) is 3. The first-order chi connectivity index (χ1) is 14.6. The number of aromatic nitrogens is 1. The number of ether oxygens (including phenoxy) is 1. The fraction of sp³-hybridized carbons (Fsp3) is 0.450. The van der Waals surface area contributed by atoms with Crippen LogP contribution in [0.2, 0.25) is 0 Å². The number of thiazole rings is 1. The lowest BCUT2D eigenvalue weighted by Crippen LogP contribution is -2.41. The number of rotatable bonds is 9. The van der Waals surface area contributed by atoms with Crippen molar-refractivity contribution in [1.82, 2.24) is 15.6 Å². The van der Waals surface area contributed by atoms with E-state index in [1.54, 1.807) is 32.9 Å². The SMILES string of the molecule is CCc1csc([C@H](Cc2ccc(NS(=O)O)cc2)NC(=O)CNC(=O)OC(C)(C)C)n1. The van der Waals surface area contributed by atoms with Crippen LogP contribution in [0, 0.1) is 0 Å². The number of hydrogen-bond acceptors (Lipinski definition) is 6. The summed E-state index contributed by atoms with van der Waals surface area (Å²) in [5.41, 5.74) is 1.71. The van der Waals surface area contributed by atoms with Gasteiger partial charge in [-0.05, 0) is 51.3 Å². The van der Waals surface area contributed by atoms with Crippen LogP contribution in [0.4, 0.5) is 10.5 Å².